The number of unbranched alkanes of at least 4 members (excludes halogenated alkanes) is 33. The van der Waals surface area contributed by atoms with Crippen LogP contribution in [-0.2, 0) is 27.9 Å². The number of hydrogen-bond acceptors (Lipinski definition) is 7. The summed E-state index contributed by atoms with van der Waals surface area (Å²) in [6.45, 7) is 6.79. The van der Waals surface area contributed by atoms with Crippen molar-refractivity contribution in [1.82, 2.24) is 5.32 Å². The lowest BCUT2D eigenvalue weighted by Crippen LogP contribution is -2.47. The van der Waals surface area contributed by atoms with Gasteiger partial charge in [0.15, 0.2) is 0 Å². The van der Waals surface area contributed by atoms with Crippen LogP contribution in [-0.4, -0.2) is 69.4 Å². The maximum atomic E-state index is 13.5. The Morgan fingerprint density at radius 2 is 0.861 bits per heavy atom. The molecule has 3 atom stereocenters. The fourth-order valence-electron chi connectivity index (χ4n) is 8.71. The van der Waals surface area contributed by atoms with Gasteiger partial charge < -0.3 is 28.5 Å². The van der Waals surface area contributed by atoms with E-state index in [1.807, 2.05) is 33.3 Å². The van der Waals surface area contributed by atoms with Gasteiger partial charge in [-0.05, 0) is 83.1 Å². The van der Waals surface area contributed by atoms with Gasteiger partial charge >= 0.3 is 5.97 Å². The molecular formula is C62H117N2O7P. The van der Waals surface area contributed by atoms with Crippen molar-refractivity contribution < 1.29 is 37.3 Å². The monoisotopic (exact) mass is 1030 g/mol. The van der Waals surface area contributed by atoms with Crippen molar-refractivity contribution in [2.75, 3.05) is 40.9 Å². The number of amides is 1. The van der Waals surface area contributed by atoms with Crippen LogP contribution in [0, 0.1) is 0 Å². The maximum absolute atomic E-state index is 13.5. The molecule has 10 heteroatoms. The second kappa shape index (κ2) is 52.4. The molecule has 0 fully saturated rings. The molecule has 0 saturated heterocycles. The van der Waals surface area contributed by atoms with Gasteiger partial charge in [-0.2, -0.15) is 0 Å². The predicted octanol–water partition coefficient (Wildman–Crippen LogP) is 17.9. The molecule has 3 unspecified atom stereocenters. The van der Waals surface area contributed by atoms with Crippen LogP contribution < -0.4 is 10.2 Å². The van der Waals surface area contributed by atoms with Gasteiger partial charge in [-0.25, -0.2) is 0 Å². The van der Waals surface area contributed by atoms with Crippen LogP contribution >= 0.6 is 7.82 Å². The highest BCUT2D eigenvalue weighted by molar-refractivity contribution is 7.45. The highest BCUT2D eigenvalue weighted by Gasteiger charge is 2.27. The Bertz CT molecular complexity index is 1380. The molecule has 0 bridgehead atoms. The Balaban J connectivity index is 5.12. The van der Waals surface area contributed by atoms with Crippen LogP contribution in [0.2, 0.25) is 0 Å². The van der Waals surface area contributed by atoms with Crippen molar-refractivity contribution in [2.45, 2.75) is 296 Å². The zero-order valence-electron chi connectivity index (χ0n) is 48.1. The molecule has 72 heavy (non-hydrogen) atoms. The minimum Gasteiger partial charge on any atom is -0.756 e. The van der Waals surface area contributed by atoms with Gasteiger partial charge in [-0.1, -0.05) is 237 Å². The van der Waals surface area contributed by atoms with E-state index >= 15 is 0 Å². The highest BCUT2D eigenvalue weighted by atomic mass is 31.2. The van der Waals surface area contributed by atoms with Crippen LogP contribution in [0.1, 0.15) is 284 Å². The molecule has 0 radical (unpaired) electrons. The van der Waals surface area contributed by atoms with Gasteiger partial charge in [-0.3, -0.25) is 14.2 Å². The molecule has 9 nitrogen and oxygen atoms in total. The first-order chi connectivity index (χ1) is 34.9. The number of hydrogen-bond donors (Lipinski definition) is 1. The summed E-state index contributed by atoms with van der Waals surface area (Å²) in [6.07, 6.45) is 63.7. The number of phosphoric ester groups is 1. The average Bonchev–Trinajstić information content (AvgIpc) is 3.34. The van der Waals surface area contributed by atoms with E-state index in [1.165, 1.54) is 161 Å². The summed E-state index contributed by atoms with van der Waals surface area (Å²) in [5.41, 5.74) is 0. The summed E-state index contributed by atoms with van der Waals surface area (Å²) in [5.74, 6) is -0.547. The number of quaternary nitrogens is 1. The van der Waals surface area contributed by atoms with Gasteiger partial charge in [0.05, 0.1) is 33.8 Å². The van der Waals surface area contributed by atoms with Crippen molar-refractivity contribution in [2.24, 2.45) is 0 Å². The second-order valence-corrected chi connectivity index (χ2v) is 23.3. The molecule has 1 amide bonds. The van der Waals surface area contributed by atoms with E-state index in [0.717, 1.165) is 89.9 Å². The van der Waals surface area contributed by atoms with Crippen LogP contribution in [0.5, 0.6) is 0 Å². The number of rotatable bonds is 55. The lowest BCUT2D eigenvalue weighted by Gasteiger charge is -2.30. The summed E-state index contributed by atoms with van der Waals surface area (Å²) in [7, 11) is 1.18. The molecular weight excluding hydrogens is 916 g/mol. The van der Waals surface area contributed by atoms with Crippen molar-refractivity contribution in [3.8, 4) is 0 Å². The molecule has 1 N–H and O–H groups in total. The number of nitrogens with one attached hydrogen (secondary N) is 1. The minimum atomic E-state index is -4.69. The molecule has 0 saturated carbocycles. The molecule has 0 spiro atoms. The Morgan fingerprint density at radius 1 is 0.486 bits per heavy atom. The smallest absolute Gasteiger partial charge is 0.306 e. The van der Waals surface area contributed by atoms with Crippen LogP contribution in [0.3, 0.4) is 0 Å². The maximum Gasteiger partial charge on any atom is 0.306 e. The quantitative estimate of drug-likeness (QED) is 0.0212. The Hall–Kier alpha value is -2.03. The summed E-state index contributed by atoms with van der Waals surface area (Å²) in [5, 5.41) is 3.02. The summed E-state index contributed by atoms with van der Waals surface area (Å²) < 4.78 is 30.2. The van der Waals surface area contributed by atoms with E-state index in [4.69, 9.17) is 13.8 Å². The number of phosphoric acid groups is 1. The van der Waals surface area contributed by atoms with E-state index in [9.17, 15) is 19.0 Å². The largest absolute Gasteiger partial charge is 0.756 e. The third kappa shape index (κ3) is 52.8. The molecule has 0 aromatic carbocycles. The number of nitrogens with zero attached hydrogens (tertiary/aromatic N) is 1. The van der Waals surface area contributed by atoms with Crippen molar-refractivity contribution in [3.05, 3.63) is 48.6 Å². The number of likely N-dealkylation sites (N-methyl/N-ethyl adjacent to an activating group) is 1. The molecule has 0 aromatic heterocycles. The number of allylic oxidation sites excluding steroid dienone is 7. The molecule has 0 heterocycles. The first-order valence-corrected chi connectivity index (χ1v) is 31.9. The summed E-state index contributed by atoms with van der Waals surface area (Å²) in [6, 6.07) is -0.889. The molecule has 0 aliphatic heterocycles. The SMILES string of the molecule is CCCC/C=C\CCCCCCCC(=O)OC(/C=C\CCCCCCCCCCCC)C(COP(=O)([O-])OCC[N+](C)(C)C)NC(=O)CCCCCCCCCCCCCCC/C=C\C/C=C\CCCCC. The fraction of sp³-hybridized carbons (Fsp3) is 0.839. The van der Waals surface area contributed by atoms with Crippen LogP contribution in [0.4, 0.5) is 0 Å². The minimum absolute atomic E-state index is 0.0232. The second-order valence-electron chi connectivity index (χ2n) is 21.8. The van der Waals surface area contributed by atoms with Crippen LogP contribution in [0.25, 0.3) is 0 Å². The predicted molar refractivity (Wildman–Crippen MR) is 307 cm³/mol. The Kier molecular flexibility index (Phi) is 50.9. The Labute approximate surface area is 446 Å². The van der Waals surface area contributed by atoms with E-state index in [-0.39, 0.29) is 31.5 Å². The lowest BCUT2D eigenvalue weighted by atomic mass is 10.0. The van der Waals surface area contributed by atoms with Crippen LogP contribution in [0.15, 0.2) is 48.6 Å². The number of carbonyl (C=O) groups excluding carboxylic acids is 2. The normalized spacial score (nSPS) is 14.0. The molecule has 0 aliphatic carbocycles. The van der Waals surface area contributed by atoms with E-state index in [0.29, 0.717) is 17.4 Å². The van der Waals surface area contributed by atoms with Gasteiger partial charge in [0.2, 0.25) is 5.91 Å². The third-order valence-electron chi connectivity index (χ3n) is 13.5. The lowest BCUT2D eigenvalue weighted by molar-refractivity contribution is -0.870. The zero-order valence-corrected chi connectivity index (χ0v) is 49.0. The average molecular weight is 1030 g/mol. The van der Waals surface area contributed by atoms with Crippen molar-refractivity contribution in [1.29, 1.82) is 0 Å². The molecule has 0 aliphatic rings. The topological polar surface area (TPSA) is 114 Å². The van der Waals surface area contributed by atoms with Gasteiger partial charge in [0.1, 0.15) is 19.3 Å². The van der Waals surface area contributed by atoms with Gasteiger partial charge in [0, 0.05) is 12.8 Å². The zero-order chi connectivity index (χ0) is 52.9. The number of esters is 1. The first kappa shape index (κ1) is 70.0. The van der Waals surface area contributed by atoms with Gasteiger partial charge in [-0.15, -0.1) is 0 Å². The molecule has 0 aromatic rings. The summed E-state index contributed by atoms with van der Waals surface area (Å²) in [4.78, 5) is 39.9. The van der Waals surface area contributed by atoms with E-state index in [2.05, 4.69) is 62.5 Å². The molecule has 422 valence electrons. The molecule has 0 rings (SSSR count). The number of carbonyl (C=O) groups is 2. The van der Waals surface area contributed by atoms with Crippen molar-refractivity contribution >= 4 is 19.7 Å². The van der Waals surface area contributed by atoms with Crippen molar-refractivity contribution in [3.63, 3.8) is 0 Å². The summed E-state index contributed by atoms with van der Waals surface area (Å²) >= 11 is 0. The fourth-order valence-corrected chi connectivity index (χ4v) is 9.43. The highest BCUT2D eigenvalue weighted by Crippen LogP contribution is 2.38. The van der Waals surface area contributed by atoms with E-state index < -0.39 is 20.0 Å². The Morgan fingerprint density at radius 3 is 1.33 bits per heavy atom. The first-order valence-electron chi connectivity index (χ1n) is 30.4. The van der Waals surface area contributed by atoms with Gasteiger partial charge in [0.25, 0.3) is 7.82 Å². The standard InChI is InChI=1S/C62H117N2O7P/c1-7-10-13-16-19-22-25-27-28-29-30-31-32-33-34-35-36-37-40-42-45-48-51-54-61(65)63-59(58-70-72(67,68)69-57-56-64(4,5)6)60(53-50-47-44-41-39-26-23-20-17-14-11-8-2)71-62(66)55-52-49-46-43-38-24-21-18-15-12-9-3/h18-19,21-22,27-28,50,53,59-60H,7-17,20,23-26,29-49,51-52,54-58H2,1-6H3,(H-,63,65,67,68)/b21-18-,22-19-,28-27-,53-50-. The van der Waals surface area contributed by atoms with E-state index in [1.54, 1.807) is 0 Å². The number of ether oxygens (including phenoxy) is 1. The third-order valence-corrected chi connectivity index (χ3v) is 14.4.